The Hall–Kier alpha value is -2.01. The second kappa shape index (κ2) is 5.75. The van der Waals surface area contributed by atoms with Gasteiger partial charge in [0.25, 0.3) is 5.91 Å². The molecule has 98 valence electrons. The van der Waals surface area contributed by atoms with Gasteiger partial charge in [-0.3, -0.25) is 4.79 Å². The zero-order valence-electron chi connectivity index (χ0n) is 10.2. The number of carbonyl (C=O) groups excluding carboxylic acids is 1. The van der Waals surface area contributed by atoms with Gasteiger partial charge in [-0.05, 0) is 46.3 Å². The molecule has 0 atom stereocenters. The maximum atomic E-state index is 12.1. The van der Waals surface area contributed by atoms with Crippen molar-refractivity contribution in [3.05, 3.63) is 52.5 Å². The van der Waals surface area contributed by atoms with E-state index < -0.39 is 0 Å². The van der Waals surface area contributed by atoms with Crippen LogP contribution >= 0.6 is 15.9 Å². The number of hydrogen-bond acceptors (Lipinski definition) is 3. The Kier molecular flexibility index (Phi) is 4.06. The summed E-state index contributed by atoms with van der Waals surface area (Å²) in [4.78, 5) is 12.1. The fourth-order valence-electron chi connectivity index (χ4n) is 1.62. The molecule has 0 aliphatic rings. The van der Waals surface area contributed by atoms with Crippen LogP contribution in [0.2, 0.25) is 0 Å². The number of methoxy groups -OCH3 is 1. The van der Waals surface area contributed by atoms with Crippen molar-refractivity contribution in [1.82, 2.24) is 0 Å². The summed E-state index contributed by atoms with van der Waals surface area (Å²) in [5, 5.41) is 12.1. The average Bonchev–Trinajstić information content (AvgIpc) is 2.43. The van der Waals surface area contributed by atoms with E-state index in [1.54, 1.807) is 36.4 Å². The van der Waals surface area contributed by atoms with Crippen LogP contribution in [-0.2, 0) is 0 Å². The van der Waals surface area contributed by atoms with Crippen LogP contribution < -0.4 is 10.1 Å². The summed E-state index contributed by atoms with van der Waals surface area (Å²) in [5.41, 5.74) is 1.04. The summed E-state index contributed by atoms with van der Waals surface area (Å²) in [7, 11) is 1.52. The van der Waals surface area contributed by atoms with E-state index in [1.165, 1.54) is 13.2 Å². The van der Waals surface area contributed by atoms with Gasteiger partial charge in [0.15, 0.2) is 0 Å². The largest absolute Gasteiger partial charge is 0.507 e. The highest BCUT2D eigenvalue weighted by atomic mass is 79.9. The lowest BCUT2D eigenvalue weighted by molar-refractivity contribution is 0.102. The first-order valence-electron chi connectivity index (χ1n) is 5.54. The third-order valence-corrected chi connectivity index (χ3v) is 3.19. The molecule has 0 bridgehead atoms. The van der Waals surface area contributed by atoms with Crippen LogP contribution in [0.3, 0.4) is 0 Å². The SMILES string of the molecule is COc1ccccc1C(=O)Nc1ccc(O)c(Br)c1. The minimum Gasteiger partial charge on any atom is -0.507 e. The number of ether oxygens (including phenoxy) is 1. The Morgan fingerprint density at radius 2 is 2.00 bits per heavy atom. The fraction of sp³-hybridized carbons (Fsp3) is 0.0714. The lowest BCUT2D eigenvalue weighted by Crippen LogP contribution is -2.13. The van der Waals surface area contributed by atoms with Crippen molar-refractivity contribution in [3.8, 4) is 11.5 Å². The summed E-state index contributed by atoms with van der Waals surface area (Å²) >= 11 is 3.19. The molecule has 2 rings (SSSR count). The van der Waals surface area contributed by atoms with Crippen LogP contribution in [0.15, 0.2) is 46.9 Å². The van der Waals surface area contributed by atoms with Gasteiger partial charge in [0.1, 0.15) is 11.5 Å². The Morgan fingerprint density at radius 3 is 2.68 bits per heavy atom. The number of benzene rings is 2. The van der Waals surface area contributed by atoms with Crippen molar-refractivity contribution in [1.29, 1.82) is 0 Å². The predicted octanol–water partition coefficient (Wildman–Crippen LogP) is 3.42. The lowest BCUT2D eigenvalue weighted by atomic mass is 10.2. The smallest absolute Gasteiger partial charge is 0.259 e. The van der Waals surface area contributed by atoms with Crippen molar-refractivity contribution >= 4 is 27.5 Å². The first kappa shape index (κ1) is 13.4. The minimum absolute atomic E-state index is 0.121. The first-order valence-corrected chi connectivity index (χ1v) is 6.34. The number of nitrogens with one attached hydrogen (secondary N) is 1. The molecule has 0 aliphatic heterocycles. The number of halogens is 1. The molecule has 0 aliphatic carbocycles. The summed E-state index contributed by atoms with van der Waals surface area (Å²) in [6, 6.07) is 11.7. The number of rotatable bonds is 3. The van der Waals surface area contributed by atoms with Gasteiger partial charge in [-0.25, -0.2) is 0 Å². The van der Waals surface area contributed by atoms with E-state index in [0.29, 0.717) is 21.5 Å². The van der Waals surface area contributed by atoms with Crippen molar-refractivity contribution in [2.45, 2.75) is 0 Å². The Balaban J connectivity index is 2.23. The zero-order chi connectivity index (χ0) is 13.8. The molecule has 2 N–H and O–H groups in total. The number of amides is 1. The Labute approximate surface area is 119 Å². The number of para-hydroxylation sites is 1. The highest BCUT2D eigenvalue weighted by molar-refractivity contribution is 9.10. The van der Waals surface area contributed by atoms with E-state index in [4.69, 9.17) is 4.74 Å². The second-order valence-electron chi connectivity index (χ2n) is 3.82. The van der Waals surface area contributed by atoms with Crippen molar-refractivity contribution in [3.63, 3.8) is 0 Å². The molecule has 1 amide bonds. The molecule has 0 spiro atoms. The average molecular weight is 322 g/mol. The first-order chi connectivity index (χ1) is 9.11. The van der Waals surface area contributed by atoms with E-state index in [2.05, 4.69) is 21.2 Å². The van der Waals surface area contributed by atoms with Crippen molar-refractivity contribution < 1.29 is 14.6 Å². The molecule has 2 aromatic carbocycles. The molecule has 5 heteroatoms. The molecule has 0 saturated heterocycles. The van der Waals surface area contributed by atoms with Crippen LogP contribution in [0.5, 0.6) is 11.5 Å². The van der Waals surface area contributed by atoms with Gasteiger partial charge < -0.3 is 15.2 Å². The molecule has 0 heterocycles. The highest BCUT2D eigenvalue weighted by Gasteiger charge is 2.12. The second-order valence-corrected chi connectivity index (χ2v) is 4.67. The zero-order valence-corrected chi connectivity index (χ0v) is 11.8. The number of hydrogen-bond donors (Lipinski definition) is 2. The predicted molar refractivity (Wildman–Crippen MR) is 76.8 cm³/mol. The van der Waals surface area contributed by atoms with E-state index in [-0.39, 0.29) is 11.7 Å². The number of carbonyl (C=O) groups is 1. The molecular formula is C14H12BrNO3. The molecule has 0 aromatic heterocycles. The van der Waals surface area contributed by atoms with E-state index in [1.807, 2.05) is 0 Å². The normalized spacial score (nSPS) is 10.0. The molecule has 0 unspecified atom stereocenters. The lowest BCUT2D eigenvalue weighted by Gasteiger charge is -2.09. The van der Waals surface area contributed by atoms with Gasteiger partial charge in [0.05, 0.1) is 17.1 Å². The maximum absolute atomic E-state index is 12.1. The third kappa shape index (κ3) is 3.06. The van der Waals surface area contributed by atoms with Crippen LogP contribution in [0.25, 0.3) is 0 Å². The molecule has 2 aromatic rings. The monoisotopic (exact) mass is 321 g/mol. The number of phenolic OH excluding ortho intramolecular Hbond substituents is 1. The van der Waals surface area contributed by atoms with Crippen molar-refractivity contribution in [2.75, 3.05) is 12.4 Å². The molecule has 0 saturated carbocycles. The number of phenols is 1. The summed E-state index contributed by atoms with van der Waals surface area (Å²) in [5.74, 6) is 0.364. The number of aromatic hydroxyl groups is 1. The Bertz CT molecular complexity index is 613. The van der Waals surface area contributed by atoms with Gasteiger partial charge in [-0.2, -0.15) is 0 Å². The van der Waals surface area contributed by atoms with Crippen LogP contribution in [0.1, 0.15) is 10.4 Å². The molecule has 19 heavy (non-hydrogen) atoms. The van der Waals surface area contributed by atoms with Gasteiger partial charge in [0.2, 0.25) is 0 Å². The van der Waals surface area contributed by atoms with Crippen LogP contribution in [-0.4, -0.2) is 18.1 Å². The topological polar surface area (TPSA) is 58.6 Å². The van der Waals surface area contributed by atoms with E-state index >= 15 is 0 Å². The minimum atomic E-state index is -0.268. The molecule has 4 nitrogen and oxygen atoms in total. The summed E-state index contributed by atoms with van der Waals surface area (Å²) in [6.45, 7) is 0. The standard InChI is InChI=1S/C14H12BrNO3/c1-19-13-5-3-2-4-10(13)14(18)16-9-6-7-12(17)11(15)8-9/h2-8,17H,1H3,(H,16,18). The van der Waals surface area contributed by atoms with Crippen molar-refractivity contribution in [2.24, 2.45) is 0 Å². The maximum Gasteiger partial charge on any atom is 0.259 e. The van der Waals surface area contributed by atoms with Gasteiger partial charge in [-0.15, -0.1) is 0 Å². The van der Waals surface area contributed by atoms with Crippen LogP contribution in [0, 0.1) is 0 Å². The quantitative estimate of drug-likeness (QED) is 0.852. The Morgan fingerprint density at radius 1 is 1.26 bits per heavy atom. The van der Waals surface area contributed by atoms with Gasteiger partial charge in [0, 0.05) is 5.69 Å². The summed E-state index contributed by atoms with van der Waals surface area (Å²) < 4.78 is 5.66. The number of anilines is 1. The van der Waals surface area contributed by atoms with Gasteiger partial charge in [-0.1, -0.05) is 12.1 Å². The third-order valence-electron chi connectivity index (χ3n) is 2.56. The fourth-order valence-corrected chi connectivity index (χ4v) is 1.99. The molecular weight excluding hydrogens is 310 g/mol. The molecule has 0 fully saturated rings. The van der Waals surface area contributed by atoms with E-state index in [9.17, 15) is 9.90 Å². The molecule has 0 radical (unpaired) electrons. The van der Waals surface area contributed by atoms with E-state index in [0.717, 1.165) is 0 Å². The van der Waals surface area contributed by atoms with Crippen LogP contribution in [0.4, 0.5) is 5.69 Å². The highest BCUT2D eigenvalue weighted by Crippen LogP contribution is 2.27. The summed E-state index contributed by atoms with van der Waals surface area (Å²) in [6.07, 6.45) is 0. The van der Waals surface area contributed by atoms with Gasteiger partial charge >= 0.3 is 0 Å².